The molecule has 0 N–H and O–H groups in total. The number of rotatable bonds is 5. The van der Waals surface area contributed by atoms with Gasteiger partial charge >= 0.3 is 0 Å². The van der Waals surface area contributed by atoms with Crippen molar-refractivity contribution >= 4 is 19.8 Å². The van der Waals surface area contributed by atoms with Gasteiger partial charge in [-0.25, -0.2) is 0 Å². The molecule has 0 amide bonds. The van der Waals surface area contributed by atoms with Gasteiger partial charge in [0.15, 0.2) is 5.82 Å². The van der Waals surface area contributed by atoms with Crippen LogP contribution in [0, 0.1) is 6.92 Å². The number of aromatic nitrogens is 2. The van der Waals surface area contributed by atoms with Gasteiger partial charge in [-0.1, -0.05) is 24.8 Å². The molecule has 80 valence electrons. The van der Waals surface area contributed by atoms with Gasteiger partial charge in [-0.2, -0.15) is 16.7 Å². The topological polar surface area (TPSA) is 38.9 Å². The Morgan fingerprint density at radius 1 is 1.36 bits per heavy atom. The lowest BCUT2D eigenvalue weighted by molar-refractivity contribution is 0.387. The molecule has 1 aromatic rings. The molecule has 0 fully saturated rings. The summed E-state index contributed by atoms with van der Waals surface area (Å²) in [5, 5.41) is 3.75. The highest BCUT2D eigenvalue weighted by Crippen LogP contribution is 2.16. The van der Waals surface area contributed by atoms with Crippen molar-refractivity contribution in [1.29, 1.82) is 0 Å². The summed E-state index contributed by atoms with van der Waals surface area (Å²) < 4.78 is 5.03. The molecule has 0 saturated carbocycles. The van der Waals surface area contributed by atoms with Crippen LogP contribution in [0.15, 0.2) is 4.52 Å². The molecule has 0 aromatic carbocycles. The Morgan fingerprint density at radius 3 is 2.57 bits per heavy atom. The van der Waals surface area contributed by atoms with Gasteiger partial charge < -0.3 is 4.52 Å². The summed E-state index contributed by atoms with van der Waals surface area (Å²) in [4.78, 5) is 4.16. The third-order valence-corrected chi connectivity index (χ3v) is 4.85. The van der Waals surface area contributed by atoms with E-state index >= 15 is 0 Å². The molecule has 14 heavy (non-hydrogen) atoms. The molecule has 0 saturated heterocycles. The number of aryl methyl sites for hydroxylation is 1. The molecular weight excluding hydrogens is 212 g/mol. The normalized spacial score (nSPS) is 12.0. The monoisotopic (exact) mass is 230 g/mol. The van der Waals surface area contributed by atoms with E-state index in [0.717, 1.165) is 17.5 Å². The van der Waals surface area contributed by atoms with E-state index in [-0.39, 0.29) is 0 Å². The van der Waals surface area contributed by atoms with Gasteiger partial charge in [0.2, 0.25) is 5.89 Å². The predicted molar refractivity (Wildman–Crippen MR) is 63.4 cm³/mol. The van der Waals surface area contributed by atoms with Crippen molar-refractivity contribution in [2.75, 3.05) is 5.75 Å². The van der Waals surface area contributed by atoms with Crippen LogP contribution in [0.25, 0.3) is 0 Å². The molecule has 0 aliphatic heterocycles. The summed E-state index contributed by atoms with van der Waals surface area (Å²) in [6.07, 6.45) is 0. The van der Waals surface area contributed by atoms with E-state index in [4.69, 9.17) is 4.52 Å². The summed E-state index contributed by atoms with van der Waals surface area (Å²) >= 11 is 1.89. The van der Waals surface area contributed by atoms with Crippen LogP contribution >= 0.6 is 11.8 Å². The van der Waals surface area contributed by atoms with Gasteiger partial charge in [0.05, 0.1) is 5.75 Å². The molecule has 1 heterocycles. The third-order valence-electron chi connectivity index (χ3n) is 1.79. The second-order valence-corrected chi connectivity index (χ2v) is 11.3. The van der Waals surface area contributed by atoms with Crippen molar-refractivity contribution < 1.29 is 4.52 Å². The fraction of sp³-hybridized carbons (Fsp3) is 0.778. The average Bonchev–Trinajstić information content (AvgIpc) is 2.44. The number of hydrogen-bond donors (Lipinski definition) is 0. The fourth-order valence-electron chi connectivity index (χ4n) is 0.936. The van der Waals surface area contributed by atoms with Crippen molar-refractivity contribution in [2.45, 2.75) is 38.4 Å². The molecule has 0 spiro atoms. The summed E-state index contributed by atoms with van der Waals surface area (Å²) in [6.45, 7) is 9.03. The zero-order chi connectivity index (χ0) is 10.6. The maximum Gasteiger partial charge on any atom is 0.236 e. The van der Waals surface area contributed by atoms with Crippen LogP contribution in [0.3, 0.4) is 0 Å². The highest BCUT2D eigenvalue weighted by Gasteiger charge is 2.12. The highest BCUT2D eigenvalue weighted by molar-refractivity contribution is 7.98. The lowest BCUT2D eigenvalue weighted by atomic mass is 10.7. The van der Waals surface area contributed by atoms with Gasteiger partial charge in [-0.15, -0.1) is 0 Å². The first kappa shape index (κ1) is 11.8. The quantitative estimate of drug-likeness (QED) is 0.576. The predicted octanol–water partition coefficient (Wildman–Crippen LogP) is 2.95. The SMILES string of the molecule is Cc1noc(CSCC[Si](C)(C)C)n1. The summed E-state index contributed by atoms with van der Waals surface area (Å²) in [5.74, 6) is 3.54. The highest BCUT2D eigenvalue weighted by atomic mass is 32.2. The minimum absolute atomic E-state index is 0.728. The molecule has 0 atom stereocenters. The Morgan fingerprint density at radius 2 is 2.07 bits per heavy atom. The average molecular weight is 230 g/mol. The zero-order valence-corrected chi connectivity index (χ0v) is 11.1. The van der Waals surface area contributed by atoms with Gasteiger partial charge in [-0.3, -0.25) is 0 Å². The Kier molecular flexibility index (Phi) is 4.19. The van der Waals surface area contributed by atoms with Crippen LogP contribution in [-0.4, -0.2) is 24.0 Å². The lowest BCUT2D eigenvalue weighted by Crippen LogP contribution is -2.19. The maximum absolute atomic E-state index is 5.03. The smallest absolute Gasteiger partial charge is 0.236 e. The Labute approximate surface area is 90.7 Å². The first-order valence-corrected chi connectivity index (χ1v) is 9.70. The number of hydrogen-bond acceptors (Lipinski definition) is 4. The Hall–Kier alpha value is -0.293. The number of thioether (sulfide) groups is 1. The van der Waals surface area contributed by atoms with E-state index in [9.17, 15) is 0 Å². The van der Waals surface area contributed by atoms with Crippen molar-refractivity contribution in [3.8, 4) is 0 Å². The second-order valence-electron chi connectivity index (χ2n) is 4.60. The second kappa shape index (κ2) is 4.98. The van der Waals surface area contributed by atoms with E-state index in [1.165, 1.54) is 11.8 Å². The molecule has 1 rings (SSSR count). The first-order chi connectivity index (χ1) is 6.47. The molecule has 0 radical (unpaired) electrons. The van der Waals surface area contributed by atoms with Crippen LogP contribution in [-0.2, 0) is 5.75 Å². The molecule has 1 aromatic heterocycles. The van der Waals surface area contributed by atoms with Gasteiger partial charge in [-0.05, 0) is 18.7 Å². The van der Waals surface area contributed by atoms with E-state index in [1.807, 2.05) is 18.7 Å². The van der Waals surface area contributed by atoms with Crippen LogP contribution in [0.4, 0.5) is 0 Å². The lowest BCUT2D eigenvalue weighted by Gasteiger charge is -2.14. The summed E-state index contributed by atoms with van der Waals surface area (Å²) in [6, 6.07) is 1.35. The minimum atomic E-state index is -0.878. The first-order valence-electron chi connectivity index (χ1n) is 4.84. The van der Waals surface area contributed by atoms with Crippen molar-refractivity contribution in [1.82, 2.24) is 10.1 Å². The van der Waals surface area contributed by atoms with Crippen molar-refractivity contribution in [2.24, 2.45) is 0 Å². The molecule has 5 heteroatoms. The summed E-state index contributed by atoms with van der Waals surface area (Å²) in [7, 11) is -0.878. The van der Waals surface area contributed by atoms with Crippen molar-refractivity contribution in [3.05, 3.63) is 11.7 Å². The van der Waals surface area contributed by atoms with E-state index < -0.39 is 8.07 Å². The van der Waals surface area contributed by atoms with Gasteiger partial charge in [0.1, 0.15) is 0 Å². The maximum atomic E-state index is 5.03. The molecule has 0 unspecified atom stereocenters. The van der Waals surface area contributed by atoms with Gasteiger partial charge in [0, 0.05) is 8.07 Å². The third kappa shape index (κ3) is 4.81. The van der Waals surface area contributed by atoms with E-state index in [1.54, 1.807) is 0 Å². The molecule has 0 aliphatic rings. The zero-order valence-electron chi connectivity index (χ0n) is 9.33. The van der Waals surface area contributed by atoms with E-state index in [2.05, 4.69) is 29.8 Å². The summed E-state index contributed by atoms with van der Waals surface area (Å²) in [5.41, 5.74) is 0. The molecule has 0 aliphatic carbocycles. The Balaban J connectivity index is 2.16. The molecular formula is C9H18N2OSSi. The molecule has 3 nitrogen and oxygen atoms in total. The van der Waals surface area contributed by atoms with E-state index in [0.29, 0.717) is 0 Å². The Bertz CT molecular complexity index is 283. The van der Waals surface area contributed by atoms with Crippen LogP contribution < -0.4 is 0 Å². The largest absolute Gasteiger partial charge is 0.338 e. The number of nitrogens with zero attached hydrogens (tertiary/aromatic N) is 2. The standard InChI is InChI=1S/C9H18N2OSSi/c1-8-10-9(12-11-8)7-13-5-6-14(2,3)4/h5-7H2,1-4H3. The molecule has 0 bridgehead atoms. The minimum Gasteiger partial charge on any atom is -0.338 e. The van der Waals surface area contributed by atoms with Crippen LogP contribution in [0.1, 0.15) is 11.7 Å². The fourth-order valence-corrected chi connectivity index (χ4v) is 4.40. The van der Waals surface area contributed by atoms with Crippen molar-refractivity contribution in [3.63, 3.8) is 0 Å². The van der Waals surface area contributed by atoms with Crippen LogP contribution in [0.2, 0.25) is 25.7 Å². The van der Waals surface area contributed by atoms with Gasteiger partial charge in [0.25, 0.3) is 0 Å². The van der Waals surface area contributed by atoms with Crippen LogP contribution in [0.5, 0.6) is 0 Å².